The minimum atomic E-state index is -0.658. The number of fused-ring (bicyclic) bond motifs is 1. The zero-order chi connectivity index (χ0) is 21.0. The topological polar surface area (TPSA) is 102 Å². The van der Waals surface area contributed by atoms with E-state index in [0.29, 0.717) is 17.9 Å². The summed E-state index contributed by atoms with van der Waals surface area (Å²) in [7, 11) is 1.32. The number of aromatic nitrogens is 4. The summed E-state index contributed by atoms with van der Waals surface area (Å²) >= 11 is 0. The molecule has 1 saturated heterocycles. The van der Waals surface area contributed by atoms with E-state index in [1.807, 2.05) is 26.0 Å². The average Bonchev–Trinajstić information content (AvgIpc) is 3.12. The minimum absolute atomic E-state index is 0.0585. The number of anilines is 1. The number of aryl methyl sites for hydroxylation is 1. The molecule has 1 N–H and O–H groups in total. The van der Waals surface area contributed by atoms with E-state index < -0.39 is 12.0 Å². The monoisotopic (exact) mass is 402 g/mol. The molecule has 0 bridgehead atoms. The van der Waals surface area contributed by atoms with Crippen LogP contribution < -0.4 is 10.2 Å². The molecule has 1 atom stereocenters. The second-order valence-electron chi connectivity index (χ2n) is 8.06. The number of rotatable bonds is 7. The summed E-state index contributed by atoms with van der Waals surface area (Å²) in [6, 6.07) is 3.22. The minimum Gasteiger partial charge on any atom is -0.467 e. The van der Waals surface area contributed by atoms with Crippen molar-refractivity contribution in [2.24, 2.45) is 11.8 Å². The molecule has 1 amide bonds. The molecule has 1 aliphatic heterocycles. The first-order chi connectivity index (χ1) is 13.9. The summed E-state index contributed by atoms with van der Waals surface area (Å²) in [5.41, 5.74) is 0.657. The van der Waals surface area contributed by atoms with Crippen molar-refractivity contribution >= 4 is 23.3 Å². The van der Waals surface area contributed by atoms with Crippen molar-refractivity contribution in [2.45, 2.75) is 52.5 Å². The molecule has 9 heteroatoms. The molecule has 3 rings (SSSR count). The Morgan fingerprint density at radius 3 is 2.62 bits per heavy atom. The lowest BCUT2D eigenvalue weighted by atomic mass is 9.99. The molecule has 1 fully saturated rings. The van der Waals surface area contributed by atoms with Gasteiger partial charge in [0.15, 0.2) is 11.5 Å². The van der Waals surface area contributed by atoms with Crippen molar-refractivity contribution in [1.29, 1.82) is 0 Å². The van der Waals surface area contributed by atoms with Crippen LogP contribution in [-0.2, 0) is 20.7 Å². The van der Waals surface area contributed by atoms with Crippen LogP contribution in [0.15, 0.2) is 12.1 Å². The van der Waals surface area contributed by atoms with Gasteiger partial charge in [0.2, 0.25) is 5.91 Å². The van der Waals surface area contributed by atoms with Gasteiger partial charge in [-0.25, -0.2) is 4.79 Å². The van der Waals surface area contributed by atoms with Crippen molar-refractivity contribution in [3.8, 4) is 0 Å². The predicted octanol–water partition coefficient (Wildman–Crippen LogP) is 1.61. The van der Waals surface area contributed by atoms with Crippen molar-refractivity contribution in [2.75, 3.05) is 25.1 Å². The Hall–Kier alpha value is -2.71. The van der Waals surface area contributed by atoms with Gasteiger partial charge in [0.25, 0.3) is 0 Å². The van der Waals surface area contributed by atoms with Gasteiger partial charge >= 0.3 is 5.97 Å². The van der Waals surface area contributed by atoms with Crippen LogP contribution in [0, 0.1) is 11.8 Å². The van der Waals surface area contributed by atoms with E-state index in [1.54, 1.807) is 4.52 Å². The number of ether oxygens (including phenoxy) is 1. The normalized spacial score (nSPS) is 16.2. The van der Waals surface area contributed by atoms with Crippen LogP contribution in [0.3, 0.4) is 0 Å². The molecule has 0 aromatic carbocycles. The van der Waals surface area contributed by atoms with Gasteiger partial charge in [-0.3, -0.25) is 4.79 Å². The third kappa shape index (κ3) is 5.02. The Labute approximate surface area is 170 Å². The smallest absolute Gasteiger partial charge is 0.328 e. The number of carbonyl (C=O) groups excluding carboxylic acids is 2. The van der Waals surface area contributed by atoms with E-state index >= 15 is 0 Å². The quantitative estimate of drug-likeness (QED) is 0.702. The number of hydrogen-bond donors (Lipinski definition) is 1. The first-order valence-electron chi connectivity index (χ1n) is 10.2. The molecule has 0 saturated carbocycles. The Morgan fingerprint density at radius 2 is 1.97 bits per heavy atom. The molecule has 9 nitrogen and oxygen atoms in total. The van der Waals surface area contributed by atoms with Crippen LogP contribution in [0.2, 0.25) is 0 Å². The van der Waals surface area contributed by atoms with E-state index in [9.17, 15) is 9.59 Å². The van der Waals surface area contributed by atoms with Gasteiger partial charge in [-0.1, -0.05) is 20.8 Å². The summed E-state index contributed by atoms with van der Waals surface area (Å²) in [5, 5.41) is 15.8. The summed E-state index contributed by atoms with van der Waals surface area (Å²) in [4.78, 5) is 26.5. The zero-order valence-corrected chi connectivity index (χ0v) is 17.6. The highest BCUT2D eigenvalue weighted by atomic mass is 16.5. The number of hydrogen-bond acceptors (Lipinski definition) is 7. The lowest BCUT2D eigenvalue weighted by Crippen LogP contribution is -2.45. The Balaban J connectivity index is 1.66. The van der Waals surface area contributed by atoms with E-state index in [-0.39, 0.29) is 18.2 Å². The summed E-state index contributed by atoms with van der Waals surface area (Å²) < 4.78 is 6.47. The molecule has 0 radical (unpaired) electrons. The maximum absolute atomic E-state index is 12.3. The Bertz CT molecular complexity index is 857. The standard InChI is InChI=1S/C20H30N6O3/c1-13(2)19(20(28)29-4)21-18(27)8-7-16-23-22-15-5-6-17(24-26(15)16)25-11-9-14(3)10-12-25/h5-6,13-14,19H,7-12H2,1-4H3,(H,21,27)/t19-/m1/s1. The van der Waals surface area contributed by atoms with Gasteiger partial charge in [0.05, 0.1) is 7.11 Å². The third-order valence-corrected chi connectivity index (χ3v) is 5.43. The lowest BCUT2D eigenvalue weighted by molar-refractivity contribution is -0.146. The highest BCUT2D eigenvalue weighted by Crippen LogP contribution is 2.21. The second-order valence-corrected chi connectivity index (χ2v) is 8.06. The SMILES string of the molecule is COC(=O)[C@H](NC(=O)CCc1nnc2ccc(N3CCC(C)CC3)nn12)C(C)C. The molecule has 0 unspecified atom stereocenters. The van der Waals surface area contributed by atoms with Crippen LogP contribution in [0.25, 0.3) is 5.65 Å². The maximum atomic E-state index is 12.3. The number of nitrogens with zero attached hydrogens (tertiary/aromatic N) is 5. The number of methoxy groups -OCH3 is 1. The van der Waals surface area contributed by atoms with Gasteiger partial charge in [-0.2, -0.15) is 4.52 Å². The summed E-state index contributed by atoms with van der Waals surface area (Å²) in [5.74, 6) is 1.55. The van der Waals surface area contributed by atoms with Crippen LogP contribution >= 0.6 is 0 Å². The van der Waals surface area contributed by atoms with Crippen molar-refractivity contribution < 1.29 is 14.3 Å². The first-order valence-corrected chi connectivity index (χ1v) is 10.2. The molecule has 29 heavy (non-hydrogen) atoms. The number of piperidine rings is 1. The average molecular weight is 402 g/mol. The Morgan fingerprint density at radius 1 is 1.24 bits per heavy atom. The molecule has 0 spiro atoms. The molecule has 3 heterocycles. The van der Waals surface area contributed by atoms with E-state index in [4.69, 9.17) is 9.84 Å². The number of carbonyl (C=O) groups is 2. The van der Waals surface area contributed by atoms with Gasteiger partial charge in [0.1, 0.15) is 11.9 Å². The first kappa shape index (κ1) is 21.0. The fourth-order valence-corrected chi connectivity index (χ4v) is 3.48. The van der Waals surface area contributed by atoms with Crippen molar-refractivity contribution in [3.05, 3.63) is 18.0 Å². The lowest BCUT2D eigenvalue weighted by Gasteiger charge is -2.30. The molecule has 158 valence electrons. The van der Waals surface area contributed by atoms with E-state index in [0.717, 1.165) is 37.7 Å². The zero-order valence-electron chi connectivity index (χ0n) is 17.6. The molecule has 0 aliphatic carbocycles. The van der Waals surface area contributed by atoms with Crippen molar-refractivity contribution in [1.82, 2.24) is 25.1 Å². The highest BCUT2D eigenvalue weighted by molar-refractivity contribution is 5.84. The van der Waals surface area contributed by atoms with Gasteiger partial charge in [-0.05, 0) is 36.8 Å². The second kappa shape index (κ2) is 9.19. The molecular weight excluding hydrogens is 372 g/mol. The largest absolute Gasteiger partial charge is 0.467 e. The maximum Gasteiger partial charge on any atom is 0.328 e. The number of esters is 1. The van der Waals surface area contributed by atoms with Crippen LogP contribution in [0.5, 0.6) is 0 Å². The summed E-state index contributed by atoms with van der Waals surface area (Å²) in [6.45, 7) is 7.98. The van der Waals surface area contributed by atoms with Crippen LogP contribution in [0.4, 0.5) is 5.82 Å². The fraction of sp³-hybridized carbons (Fsp3) is 0.650. The van der Waals surface area contributed by atoms with Crippen molar-refractivity contribution in [3.63, 3.8) is 0 Å². The summed E-state index contributed by atoms with van der Waals surface area (Å²) in [6.07, 6.45) is 2.89. The van der Waals surface area contributed by atoms with Gasteiger partial charge in [-0.15, -0.1) is 15.3 Å². The van der Waals surface area contributed by atoms with E-state index in [1.165, 1.54) is 7.11 Å². The fourth-order valence-electron chi connectivity index (χ4n) is 3.48. The molecule has 2 aromatic heterocycles. The Kier molecular flexibility index (Phi) is 6.66. The number of nitrogens with one attached hydrogen (secondary N) is 1. The molecule has 1 aliphatic rings. The van der Waals surface area contributed by atoms with E-state index in [2.05, 4.69) is 27.3 Å². The van der Waals surface area contributed by atoms with Crippen LogP contribution in [0.1, 0.15) is 45.9 Å². The van der Waals surface area contributed by atoms with Crippen LogP contribution in [-0.4, -0.2) is 57.9 Å². The molecular formula is C20H30N6O3. The highest BCUT2D eigenvalue weighted by Gasteiger charge is 2.25. The van der Waals surface area contributed by atoms with Gasteiger partial charge in [0, 0.05) is 25.9 Å². The number of amides is 1. The van der Waals surface area contributed by atoms with Gasteiger partial charge < -0.3 is 15.0 Å². The molecule has 2 aromatic rings. The predicted molar refractivity (Wildman–Crippen MR) is 108 cm³/mol. The third-order valence-electron chi connectivity index (χ3n) is 5.43.